The zero-order valence-electron chi connectivity index (χ0n) is 13.6. The molecule has 0 saturated heterocycles. The van der Waals surface area contributed by atoms with Crippen molar-refractivity contribution in [2.45, 2.75) is 38.0 Å². The van der Waals surface area contributed by atoms with Crippen LogP contribution in [-0.4, -0.2) is 12.5 Å². The molecule has 2 aromatic carbocycles. The van der Waals surface area contributed by atoms with E-state index in [0.29, 0.717) is 0 Å². The normalized spacial score (nSPS) is 17.8. The highest BCUT2D eigenvalue weighted by atomic mass is 19.3. The molecule has 6 heteroatoms. The van der Waals surface area contributed by atoms with E-state index in [4.69, 9.17) is 5.73 Å². The van der Waals surface area contributed by atoms with Crippen LogP contribution in [0.3, 0.4) is 0 Å². The second kappa shape index (κ2) is 7.61. The van der Waals surface area contributed by atoms with Crippen molar-refractivity contribution in [3.05, 3.63) is 65.2 Å². The molecule has 1 aliphatic carbocycles. The third kappa shape index (κ3) is 4.14. The van der Waals surface area contributed by atoms with E-state index < -0.39 is 18.6 Å². The van der Waals surface area contributed by atoms with E-state index in [1.165, 1.54) is 6.07 Å². The number of fused-ring (bicyclic) bond motifs is 1. The highest BCUT2D eigenvalue weighted by Crippen LogP contribution is 2.34. The van der Waals surface area contributed by atoms with E-state index in [0.717, 1.165) is 36.0 Å². The Labute approximate surface area is 145 Å². The van der Waals surface area contributed by atoms with Gasteiger partial charge in [0.15, 0.2) is 0 Å². The summed E-state index contributed by atoms with van der Waals surface area (Å²) >= 11 is 0. The fourth-order valence-corrected chi connectivity index (χ4v) is 3.33. The average molecular weight is 346 g/mol. The minimum absolute atomic E-state index is 0.0675. The number of carbonyl (C=O) groups is 1. The first kappa shape index (κ1) is 17.4. The molecule has 0 aromatic heterocycles. The number of benzene rings is 2. The van der Waals surface area contributed by atoms with Crippen LogP contribution in [0.25, 0.3) is 0 Å². The first-order chi connectivity index (χ1) is 12.0. The molecule has 132 valence electrons. The van der Waals surface area contributed by atoms with E-state index >= 15 is 0 Å². The number of rotatable bonds is 6. The summed E-state index contributed by atoms with van der Waals surface area (Å²) in [7, 11) is 0. The van der Waals surface area contributed by atoms with Crippen LogP contribution in [0.2, 0.25) is 0 Å². The van der Waals surface area contributed by atoms with Gasteiger partial charge in [-0.25, -0.2) is 0 Å². The maximum absolute atomic E-state index is 12.4. The summed E-state index contributed by atoms with van der Waals surface area (Å²) in [4.78, 5) is 11.9. The van der Waals surface area contributed by atoms with Gasteiger partial charge in [-0.05, 0) is 48.1 Å². The van der Waals surface area contributed by atoms with E-state index in [1.54, 1.807) is 12.1 Å². The predicted octanol–water partition coefficient (Wildman–Crippen LogP) is 3.48. The van der Waals surface area contributed by atoms with Crippen molar-refractivity contribution in [1.82, 2.24) is 5.32 Å². The largest absolute Gasteiger partial charge is 0.435 e. The van der Waals surface area contributed by atoms with E-state index in [2.05, 4.69) is 10.1 Å². The Morgan fingerprint density at radius 2 is 1.96 bits per heavy atom. The predicted molar refractivity (Wildman–Crippen MR) is 90.3 cm³/mol. The summed E-state index contributed by atoms with van der Waals surface area (Å²) in [6.07, 6.45) is 2.53. The van der Waals surface area contributed by atoms with Crippen molar-refractivity contribution in [3.8, 4) is 5.75 Å². The van der Waals surface area contributed by atoms with E-state index in [9.17, 15) is 13.6 Å². The monoisotopic (exact) mass is 346 g/mol. The van der Waals surface area contributed by atoms with Gasteiger partial charge in [-0.2, -0.15) is 8.78 Å². The number of ether oxygens (including phenoxy) is 1. The lowest BCUT2D eigenvalue weighted by Crippen LogP contribution is -2.37. The van der Waals surface area contributed by atoms with Crippen LogP contribution >= 0.6 is 0 Å². The summed E-state index contributed by atoms with van der Waals surface area (Å²) in [5.74, 6) is -0.292. The molecular weight excluding hydrogens is 326 g/mol. The van der Waals surface area contributed by atoms with Gasteiger partial charge in [-0.1, -0.05) is 36.4 Å². The molecule has 2 unspecified atom stereocenters. The van der Waals surface area contributed by atoms with Gasteiger partial charge in [-0.15, -0.1) is 0 Å². The Kier molecular flexibility index (Phi) is 5.28. The van der Waals surface area contributed by atoms with Gasteiger partial charge in [-0.3, -0.25) is 10.1 Å². The summed E-state index contributed by atoms with van der Waals surface area (Å²) in [6, 6.07) is 13.6. The topological polar surface area (TPSA) is 64.4 Å². The van der Waals surface area contributed by atoms with Crippen LogP contribution in [0, 0.1) is 0 Å². The van der Waals surface area contributed by atoms with Gasteiger partial charge in [0, 0.05) is 6.04 Å². The third-order valence-corrected chi connectivity index (χ3v) is 4.44. The lowest BCUT2D eigenvalue weighted by molar-refractivity contribution is -0.120. The van der Waals surface area contributed by atoms with Crippen LogP contribution in [0.5, 0.6) is 5.75 Å². The van der Waals surface area contributed by atoms with E-state index in [-0.39, 0.29) is 11.8 Å². The maximum atomic E-state index is 12.4. The minimum Gasteiger partial charge on any atom is -0.435 e. The number of nitrogens with one attached hydrogen (secondary N) is 1. The number of aryl methyl sites for hydroxylation is 1. The number of carbonyl (C=O) groups excluding carboxylic acids is 1. The van der Waals surface area contributed by atoms with Crippen LogP contribution in [0.15, 0.2) is 48.5 Å². The number of amides is 1. The Morgan fingerprint density at radius 1 is 1.20 bits per heavy atom. The van der Waals surface area contributed by atoms with Gasteiger partial charge in [0.1, 0.15) is 11.8 Å². The van der Waals surface area contributed by atoms with Crippen LogP contribution < -0.4 is 15.8 Å². The van der Waals surface area contributed by atoms with Crippen LogP contribution in [-0.2, 0) is 11.2 Å². The van der Waals surface area contributed by atoms with Crippen molar-refractivity contribution in [1.29, 1.82) is 0 Å². The number of halogens is 2. The van der Waals surface area contributed by atoms with E-state index in [1.807, 2.05) is 30.3 Å². The van der Waals surface area contributed by atoms with Gasteiger partial charge in [0.2, 0.25) is 5.91 Å². The first-order valence-electron chi connectivity index (χ1n) is 8.22. The molecule has 0 radical (unpaired) electrons. The first-order valence-corrected chi connectivity index (χ1v) is 8.22. The Balaban J connectivity index is 1.83. The molecule has 2 atom stereocenters. The molecule has 3 rings (SSSR count). The van der Waals surface area contributed by atoms with Crippen molar-refractivity contribution in [2.75, 3.05) is 0 Å². The lowest BCUT2D eigenvalue weighted by atomic mass is 9.86. The molecule has 3 N–H and O–H groups in total. The zero-order valence-corrected chi connectivity index (χ0v) is 13.6. The second-order valence-electron chi connectivity index (χ2n) is 6.10. The molecule has 1 amide bonds. The smallest absolute Gasteiger partial charge is 0.387 e. The summed E-state index contributed by atoms with van der Waals surface area (Å²) in [5, 5.41) is 3.32. The molecule has 4 nitrogen and oxygen atoms in total. The highest BCUT2D eigenvalue weighted by Gasteiger charge is 2.26. The van der Waals surface area contributed by atoms with Crippen LogP contribution in [0.4, 0.5) is 8.78 Å². The molecule has 0 saturated carbocycles. The van der Waals surface area contributed by atoms with Crippen molar-refractivity contribution in [3.63, 3.8) is 0 Å². The standard InChI is InChI=1S/C19H20F2N2O2/c20-19(21)25-14-9-10-15-13(11-14)7-4-8-16(15)23-17(18(22)24)12-5-2-1-3-6-12/h1-3,5-6,9-11,16-17,19,23H,4,7-8H2,(H2,22,24). The number of nitrogens with two attached hydrogens (primary N) is 1. The molecule has 25 heavy (non-hydrogen) atoms. The Bertz CT molecular complexity index is 737. The van der Waals surface area contributed by atoms with Gasteiger partial charge >= 0.3 is 6.61 Å². The summed E-state index contributed by atoms with van der Waals surface area (Å²) < 4.78 is 29.3. The Hall–Kier alpha value is -2.47. The molecule has 0 fully saturated rings. The number of alkyl halides is 2. The molecule has 2 aromatic rings. The van der Waals surface area contributed by atoms with Gasteiger partial charge in [0.05, 0.1) is 0 Å². The lowest BCUT2D eigenvalue weighted by Gasteiger charge is -2.30. The molecular formula is C19H20F2N2O2. The zero-order chi connectivity index (χ0) is 17.8. The number of primary amides is 1. The van der Waals surface area contributed by atoms with Gasteiger partial charge < -0.3 is 10.5 Å². The van der Waals surface area contributed by atoms with Crippen molar-refractivity contribution >= 4 is 5.91 Å². The minimum atomic E-state index is -2.84. The SMILES string of the molecule is NC(=O)C(NC1CCCc2cc(OC(F)F)ccc21)c1ccccc1. The van der Waals surface area contributed by atoms with Crippen LogP contribution in [0.1, 0.15) is 41.6 Å². The molecule has 0 bridgehead atoms. The summed E-state index contributed by atoms with van der Waals surface area (Å²) in [6.45, 7) is -2.84. The number of hydrogen-bond donors (Lipinski definition) is 2. The molecule has 0 heterocycles. The number of hydrogen-bond acceptors (Lipinski definition) is 3. The fraction of sp³-hybridized carbons (Fsp3) is 0.316. The van der Waals surface area contributed by atoms with Crippen molar-refractivity contribution in [2.24, 2.45) is 5.73 Å². The average Bonchev–Trinajstić information content (AvgIpc) is 2.59. The molecule has 1 aliphatic rings. The quantitative estimate of drug-likeness (QED) is 0.842. The highest BCUT2D eigenvalue weighted by molar-refractivity contribution is 5.81. The maximum Gasteiger partial charge on any atom is 0.387 e. The van der Waals surface area contributed by atoms with Gasteiger partial charge in [0.25, 0.3) is 0 Å². The second-order valence-corrected chi connectivity index (χ2v) is 6.10. The molecule has 0 spiro atoms. The molecule has 0 aliphatic heterocycles. The Morgan fingerprint density at radius 3 is 2.64 bits per heavy atom. The third-order valence-electron chi connectivity index (χ3n) is 4.44. The summed E-state index contributed by atoms with van der Waals surface area (Å²) in [5.41, 5.74) is 8.34. The fourth-order valence-electron chi connectivity index (χ4n) is 3.33. The van der Waals surface area contributed by atoms with Crippen molar-refractivity contribution < 1.29 is 18.3 Å².